The standard InChI is InChI=1S/C14H24N2OS/c1-3-4-5-6-7-8-9-10-13(17)16-14-15-11-12(2)18-14/h11H,3-10H2,1-2H3,(H,15,16,17). The van der Waals surface area contributed by atoms with Gasteiger partial charge in [0.25, 0.3) is 0 Å². The van der Waals surface area contributed by atoms with Gasteiger partial charge < -0.3 is 5.32 Å². The van der Waals surface area contributed by atoms with Crippen LogP contribution in [0.3, 0.4) is 0 Å². The first-order valence-corrected chi connectivity index (χ1v) is 7.76. The second-order valence-corrected chi connectivity index (χ2v) is 5.93. The molecule has 0 aliphatic carbocycles. The van der Waals surface area contributed by atoms with Gasteiger partial charge in [-0.25, -0.2) is 4.98 Å². The molecule has 1 aromatic heterocycles. The number of carbonyl (C=O) groups is 1. The zero-order chi connectivity index (χ0) is 13.2. The Bertz CT molecular complexity index is 349. The summed E-state index contributed by atoms with van der Waals surface area (Å²) >= 11 is 1.53. The summed E-state index contributed by atoms with van der Waals surface area (Å²) in [5.41, 5.74) is 0. The number of hydrogen-bond donors (Lipinski definition) is 1. The predicted molar refractivity (Wildman–Crippen MR) is 78.1 cm³/mol. The van der Waals surface area contributed by atoms with Crippen LogP contribution in [0.15, 0.2) is 6.20 Å². The molecule has 0 atom stereocenters. The lowest BCUT2D eigenvalue weighted by atomic mass is 10.1. The molecule has 1 N–H and O–H groups in total. The molecule has 1 aromatic rings. The fourth-order valence-electron chi connectivity index (χ4n) is 1.84. The number of aromatic nitrogens is 1. The highest BCUT2D eigenvalue weighted by Gasteiger charge is 2.04. The first-order valence-electron chi connectivity index (χ1n) is 6.94. The minimum absolute atomic E-state index is 0.0953. The maximum absolute atomic E-state index is 11.6. The topological polar surface area (TPSA) is 42.0 Å². The van der Waals surface area contributed by atoms with Gasteiger partial charge in [0.1, 0.15) is 0 Å². The van der Waals surface area contributed by atoms with Crippen molar-refractivity contribution >= 4 is 22.4 Å². The summed E-state index contributed by atoms with van der Waals surface area (Å²) in [6.45, 7) is 4.22. The van der Waals surface area contributed by atoms with E-state index in [0.29, 0.717) is 6.42 Å². The summed E-state index contributed by atoms with van der Waals surface area (Å²) in [4.78, 5) is 16.9. The maximum Gasteiger partial charge on any atom is 0.226 e. The van der Waals surface area contributed by atoms with Crippen LogP contribution in [0.5, 0.6) is 0 Å². The van der Waals surface area contributed by atoms with E-state index in [1.165, 1.54) is 43.4 Å². The molecular formula is C14H24N2OS. The number of rotatable bonds is 9. The van der Waals surface area contributed by atoms with Crippen LogP contribution in [0.25, 0.3) is 0 Å². The van der Waals surface area contributed by atoms with E-state index < -0.39 is 0 Å². The van der Waals surface area contributed by atoms with Crippen molar-refractivity contribution < 1.29 is 4.79 Å². The zero-order valence-corrected chi connectivity index (χ0v) is 12.3. The Morgan fingerprint density at radius 3 is 2.50 bits per heavy atom. The monoisotopic (exact) mass is 268 g/mol. The highest BCUT2D eigenvalue weighted by atomic mass is 32.1. The molecule has 0 unspecified atom stereocenters. The summed E-state index contributed by atoms with van der Waals surface area (Å²) in [7, 11) is 0. The fraction of sp³-hybridized carbons (Fsp3) is 0.714. The molecule has 0 saturated heterocycles. The Balaban J connectivity index is 2.00. The molecule has 0 aliphatic heterocycles. The van der Waals surface area contributed by atoms with Crippen molar-refractivity contribution in [3.8, 4) is 0 Å². The van der Waals surface area contributed by atoms with Crippen LogP contribution >= 0.6 is 11.3 Å². The van der Waals surface area contributed by atoms with Crippen molar-refractivity contribution in [2.45, 2.75) is 65.2 Å². The third kappa shape index (κ3) is 6.74. The van der Waals surface area contributed by atoms with Crippen LogP contribution < -0.4 is 5.32 Å². The van der Waals surface area contributed by atoms with Crippen molar-refractivity contribution in [3.63, 3.8) is 0 Å². The van der Waals surface area contributed by atoms with E-state index in [-0.39, 0.29) is 5.91 Å². The van der Waals surface area contributed by atoms with Crippen molar-refractivity contribution in [1.82, 2.24) is 4.98 Å². The van der Waals surface area contributed by atoms with Crippen molar-refractivity contribution in [2.75, 3.05) is 5.32 Å². The van der Waals surface area contributed by atoms with Crippen molar-refractivity contribution in [2.24, 2.45) is 0 Å². The molecule has 0 aliphatic rings. The van der Waals surface area contributed by atoms with Crippen molar-refractivity contribution in [3.05, 3.63) is 11.1 Å². The van der Waals surface area contributed by atoms with Gasteiger partial charge in [-0.05, 0) is 13.3 Å². The number of anilines is 1. The first-order chi connectivity index (χ1) is 8.72. The molecule has 0 saturated carbocycles. The van der Waals surface area contributed by atoms with Gasteiger partial charge in [0.05, 0.1) is 0 Å². The van der Waals surface area contributed by atoms with E-state index in [0.717, 1.165) is 22.9 Å². The molecule has 0 radical (unpaired) electrons. The molecule has 0 bridgehead atoms. The molecule has 0 fully saturated rings. The van der Waals surface area contributed by atoms with Crippen LogP contribution in [0.2, 0.25) is 0 Å². The van der Waals surface area contributed by atoms with E-state index in [2.05, 4.69) is 17.2 Å². The SMILES string of the molecule is CCCCCCCCCC(=O)Nc1ncc(C)s1. The average molecular weight is 268 g/mol. The second kappa shape index (κ2) is 9.09. The number of carbonyl (C=O) groups excluding carboxylic acids is 1. The molecule has 0 spiro atoms. The van der Waals surface area contributed by atoms with Crippen LogP contribution in [0, 0.1) is 6.92 Å². The molecule has 0 aromatic carbocycles. The van der Waals surface area contributed by atoms with E-state index in [1.54, 1.807) is 6.20 Å². The van der Waals surface area contributed by atoms with Gasteiger partial charge in [-0.1, -0.05) is 45.4 Å². The highest BCUT2D eigenvalue weighted by molar-refractivity contribution is 7.15. The van der Waals surface area contributed by atoms with Gasteiger partial charge >= 0.3 is 0 Å². The average Bonchev–Trinajstić information content (AvgIpc) is 2.73. The van der Waals surface area contributed by atoms with E-state index in [9.17, 15) is 4.79 Å². The minimum atomic E-state index is 0.0953. The van der Waals surface area contributed by atoms with Gasteiger partial charge in [-0.15, -0.1) is 11.3 Å². The quantitative estimate of drug-likeness (QED) is 0.668. The minimum Gasteiger partial charge on any atom is -0.302 e. The number of nitrogens with zero attached hydrogens (tertiary/aromatic N) is 1. The van der Waals surface area contributed by atoms with E-state index in [1.807, 2.05) is 6.92 Å². The third-order valence-corrected chi connectivity index (χ3v) is 3.70. The molecule has 4 heteroatoms. The zero-order valence-electron chi connectivity index (χ0n) is 11.5. The molecule has 3 nitrogen and oxygen atoms in total. The Labute approximate surface area is 114 Å². The molecular weight excluding hydrogens is 244 g/mol. The maximum atomic E-state index is 11.6. The Morgan fingerprint density at radius 1 is 1.22 bits per heavy atom. The summed E-state index contributed by atoms with van der Waals surface area (Å²) < 4.78 is 0. The Kier molecular flexibility index (Phi) is 7.65. The largest absolute Gasteiger partial charge is 0.302 e. The number of nitrogens with one attached hydrogen (secondary N) is 1. The molecule has 1 rings (SSSR count). The summed E-state index contributed by atoms with van der Waals surface area (Å²) in [5.74, 6) is 0.0953. The number of thiazole rings is 1. The van der Waals surface area contributed by atoms with Crippen molar-refractivity contribution in [1.29, 1.82) is 0 Å². The first kappa shape index (κ1) is 15.2. The lowest BCUT2D eigenvalue weighted by Crippen LogP contribution is -2.10. The molecule has 1 heterocycles. The molecule has 18 heavy (non-hydrogen) atoms. The summed E-state index contributed by atoms with van der Waals surface area (Å²) in [6, 6.07) is 0. The Morgan fingerprint density at radius 2 is 1.89 bits per heavy atom. The summed E-state index contributed by atoms with van der Waals surface area (Å²) in [6.07, 6.45) is 11.1. The highest BCUT2D eigenvalue weighted by Crippen LogP contribution is 2.17. The van der Waals surface area contributed by atoms with Crippen LogP contribution in [-0.4, -0.2) is 10.9 Å². The fourth-order valence-corrected chi connectivity index (χ4v) is 2.52. The summed E-state index contributed by atoms with van der Waals surface area (Å²) in [5, 5.41) is 3.57. The number of amides is 1. The number of unbranched alkanes of at least 4 members (excludes halogenated alkanes) is 6. The van der Waals surface area contributed by atoms with Crippen LogP contribution in [-0.2, 0) is 4.79 Å². The third-order valence-electron chi connectivity index (χ3n) is 2.88. The lowest BCUT2D eigenvalue weighted by molar-refractivity contribution is -0.116. The van der Waals surface area contributed by atoms with E-state index in [4.69, 9.17) is 0 Å². The normalized spacial score (nSPS) is 10.6. The van der Waals surface area contributed by atoms with Gasteiger partial charge in [-0.2, -0.15) is 0 Å². The van der Waals surface area contributed by atoms with Gasteiger partial charge in [-0.3, -0.25) is 4.79 Å². The Hall–Kier alpha value is -0.900. The molecule has 102 valence electrons. The van der Waals surface area contributed by atoms with Gasteiger partial charge in [0.15, 0.2) is 5.13 Å². The second-order valence-electron chi connectivity index (χ2n) is 4.70. The van der Waals surface area contributed by atoms with Crippen LogP contribution in [0.1, 0.15) is 63.2 Å². The van der Waals surface area contributed by atoms with Gasteiger partial charge in [0.2, 0.25) is 5.91 Å². The van der Waals surface area contributed by atoms with Crippen LogP contribution in [0.4, 0.5) is 5.13 Å². The predicted octanol–water partition coefficient (Wildman–Crippen LogP) is 4.53. The number of aryl methyl sites for hydroxylation is 1. The van der Waals surface area contributed by atoms with Gasteiger partial charge in [0, 0.05) is 17.5 Å². The molecule has 1 amide bonds. The lowest BCUT2D eigenvalue weighted by Gasteiger charge is -2.02. The van der Waals surface area contributed by atoms with E-state index >= 15 is 0 Å². The smallest absolute Gasteiger partial charge is 0.226 e. The number of hydrogen-bond acceptors (Lipinski definition) is 3.